The highest BCUT2D eigenvalue weighted by Crippen LogP contribution is 2.11. The lowest BCUT2D eigenvalue weighted by atomic mass is 9.96. The van der Waals surface area contributed by atoms with Crippen LogP contribution in [0.3, 0.4) is 0 Å². The first kappa shape index (κ1) is 28.8. The van der Waals surface area contributed by atoms with Crippen LogP contribution in [0.4, 0.5) is 0 Å². The van der Waals surface area contributed by atoms with E-state index in [-0.39, 0.29) is 24.2 Å². The van der Waals surface area contributed by atoms with Gasteiger partial charge in [-0.05, 0) is 30.6 Å². The Morgan fingerprint density at radius 2 is 1.32 bits per heavy atom. The van der Waals surface area contributed by atoms with E-state index < -0.39 is 54.5 Å². The summed E-state index contributed by atoms with van der Waals surface area (Å²) in [7, 11) is 0. The van der Waals surface area contributed by atoms with Crippen molar-refractivity contribution in [1.29, 1.82) is 0 Å². The number of aliphatic hydroxyl groups excluding tert-OH is 1. The molecule has 7 N–H and O–H groups in total. The van der Waals surface area contributed by atoms with Gasteiger partial charge in [0, 0.05) is 0 Å². The summed E-state index contributed by atoms with van der Waals surface area (Å²) >= 11 is 0. The fourth-order valence-corrected chi connectivity index (χ4v) is 3.00. The van der Waals surface area contributed by atoms with E-state index in [1.54, 1.807) is 6.92 Å². The average molecular weight is 445 g/mol. The predicted molar refractivity (Wildman–Crippen MR) is 117 cm³/mol. The molecule has 0 radical (unpaired) electrons. The fourth-order valence-electron chi connectivity index (χ4n) is 3.00. The molecule has 5 unspecified atom stereocenters. The Hall–Kier alpha value is -2.20. The van der Waals surface area contributed by atoms with Crippen LogP contribution < -0.4 is 21.7 Å². The van der Waals surface area contributed by atoms with E-state index in [0.717, 1.165) is 0 Å². The second-order valence-corrected chi connectivity index (χ2v) is 8.88. The molecule has 0 saturated carbocycles. The van der Waals surface area contributed by atoms with Crippen LogP contribution in [0.1, 0.15) is 60.8 Å². The number of hydrogen-bond acceptors (Lipinski definition) is 6. The van der Waals surface area contributed by atoms with E-state index in [1.165, 1.54) is 0 Å². The Morgan fingerprint density at radius 3 is 1.74 bits per heavy atom. The highest BCUT2D eigenvalue weighted by atomic mass is 16.4. The van der Waals surface area contributed by atoms with Gasteiger partial charge < -0.3 is 31.9 Å². The van der Waals surface area contributed by atoms with Crippen LogP contribution in [-0.4, -0.2) is 64.7 Å². The zero-order chi connectivity index (χ0) is 24.3. The lowest BCUT2D eigenvalue weighted by Crippen LogP contribution is -2.59. The number of amides is 3. The summed E-state index contributed by atoms with van der Waals surface area (Å²) in [5.74, 6) is -3.20. The summed E-state index contributed by atoms with van der Waals surface area (Å²) in [6.07, 6.45) is 1.19. The van der Waals surface area contributed by atoms with Crippen molar-refractivity contribution in [3.8, 4) is 0 Å². The van der Waals surface area contributed by atoms with Crippen LogP contribution in [0, 0.1) is 17.8 Å². The first-order valence-electron chi connectivity index (χ1n) is 10.8. The van der Waals surface area contributed by atoms with E-state index >= 15 is 0 Å². The minimum absolute atomic E-state index is 0.0436. The number of rotatable bonds is 14. The molecule has 0 heterocycles. The first-order valence-corrected chi connectivity index (χ1v) is 10.8. The van der Waals surface area contributed by atoms with Crippen molar-refractivity contribution in [2.24, 2.45) is 23.5 Å². The molecule has 0 aliphatic heterocycles. The lowest BCUT2D eigenvalue weighted by molar-refractivity contribution is -0.143. The van der Waals surface area contributed by atoms with Crippen LogP contribution in [0.15, 0.2) is 0 Å². The van der Waals surface area contributed by atoms with Gasteiger partial charge in [-0.3, -0.25) is 14.4 Å². The highest BCUT2D eigenvalue weighted by molar-refractivity contribution is 5.94. The van der Waals surface area contributed by atoms with Crippen molar-refractivity contribution in [2.45, 2.75) is 85.0 Å². The summed E-state index contributed by atoms with van der Waals surface area (Å²) < 4.78 is 0. The molecule has 10 nitrogen and oxygen atoms in total. The maximum Gasteiger partial charge on any atom is 0.326 e. The molecule has 0 aromatic carbocycles. The molecule has 0 aliphatic rings. The van der Waals surface area contributed by atoms with E-state index in [4.69, 9.17) is 5.73 Å². The van der Waals surface area contributed by atoms with Crippen molar-refractivity contribution < 1.29 is 29.4 Å². The topological polar surface area (TPSA) is 171 Å². The zero-order valence-corrected chi connectivity index (χ0v) is 19.5. The van der Waals surface area contributed by atoms with E-state index in [1.807, 2.05) is 34.6 Å². The zero-order valence-electron chi connectivity index (χ0n) is 19.5. The SMILES string of the molecule is CCC(C)C(NC(=O)C(CO)NC(=O)C(N)CC(C)C)C(=O)NC(CC(C)C)C(=O)O. The number of carboxylic acid groups (broad SMARTS) is 1. The number of carbonyl (C=O) groups is 4. The Bertz CT molecular complexity index is 611. The molecule has 3 amide bonds. The van der Waals surface area contributed by atoms with Gasteiger partial charge in [-0.25, -0.2) is 4.79 Å². The number of hydrogen-bond donors (Lipinski definition) is 6. The number of carbonyl (C=O) groups excluding carboxylic acids is 3. The Balaban J connectivity index is 5.31. The summed E-state index contributed by atoms with van der Waals surface area (Å²) in [6, 6.07) is -4.22. The van der Waals surface area contributed by atoms with Gasteiger partial charge in [-0.2, -0.15) is 0 Å². The van der Waals surface area contributed by atoms with Crippen LogP contribution in [0.2, 0.25) is 0 Å². The Morgan fingerprint density at radius 1 is 0.806 bits per heavy atom. The lowest BCUT2D eigenvalue weighted by Gasteiger charge is -2.28. The first-order chi connectivity index (χ1) is 14.3. The molecule has 5 atom stereocenters. The van der Waals surface area contributed by atoms with Gasteiger partial charge in [0.25, 0.3) is 0 Å². The summed E-state index contributed by atoms with van der Waals surface area (Å²) in [4.78, 5) is 49.1. The van der Waals surface area contributed by atoms with Crippen LogP contribution in [-0.2, 0) is 19.2 Å². The van der Waals surface area contributed by atoms with Crippen molar-refractivity contribution >= 4 is 23.7 Å². The molecular formula is C21H40N4O6. The maximum absolute atomic E-state index is 12.8. The molecule has 0 fully saturated rings. The molecule has 180 valence electrons. The monoisotopic (exact) mass is 444 g/mol. The van der Waals surface area contributed by atoms with Gasteiger partial charge in [-0.1, -0.05) is 48.0 Å². The predicted octanol–water partition coefficient (Wildman–Crippen LogP) is -0.0167. The minimum Gasteiger partial charge on any atom is -0.480 e. The van der Waals surface area contributed by atoms with Crippen LogP contribution in [0.5, 0.6) is 0 Å². The largest absolute Gasteiger partial charge is 0.480 e. The third-order valence-electron chi connectivity index (χ3n) is 4.99. The van der Waals surface area contributed by atoms with Crippen molar-refractivity contribution in [1.82, 2.24) is 16.0 Å². The van der Waals surface area contributed by atoms with Gasteiger partial charge in [0.2, 0.25) is 17.7 Å². The number of nitrogens with one attached hydrogen (secondary N) is 3. The number of nitrogens with two attached hydrogens (primary N) is 1. The molecule has 0 rings (SSSR count). The maximum atomic E-state index is 12.8. The van der Waals surface area contributed by atoms with Gasteiger partial charge in [0.15, 0.2) is 0 Å². The standard InChI is InChI=1S/C21H40N4O6/c1-7-13(6)17(20(29)23-15(21(30)31)9-12(4)5)25-19(28)16(10-26)24-18(27)14(22)8-11(2)3/h11-17,26H,7-10,22H2,1-6H3,(H,23,29)(H,24,27)(H,25,28)(H,30,31). The second-order valence-electron chi connectivity index (χ2n) is 8.88. The van der Waals surface area contributed by atoms with Crippen molar-refractivity contribution in [3.63, 3.8) is 0 Å². The van der Waals surface area contributed by atoms with Gasteiger partial charge in [-0.15, -0.1) is 0 Å². The number of aliphatic carboxylic acids is 1. The van der Waals surface area contributed by atoms with E-state index in [2.05, 4.69) is 16.0 Å². The van der Waals surface area contributed by atoms with Gasteiger partial charge in [0.1, 0.15) is 18.1 Å². The average Bonchev–Trinajstić information content (AvgIpc) is 2.67. The second kappa shape index (κ2) is 14.0. The third kappa shape index (κ3) is 10.6. The number of carboxylic acids is 1. The Labute approximate surface area is 184 Å². The quantitative estimate of drug-likeness (QED) is 0.219. The minimum atomic E-state index is -1.28. The summed E-state index contributed by atoms with van der Waals surface area (Å²) in [5, 5.41) is 26.4. The molecule has 31 heavy (non-hydrogen) atoms. The molecule has 0 saturated heterocycles. The van der Waals surface area contributed by atoms with E-state index in [9.17, 15) is 29.4 Å². The van der Waals surface area contributed by atoms with Crippen LogP contribution in [0.25, 0.3) is 0 Å². The van der Waals surface area contributed by atoms with Crippen molar-refractivity contribution in [2.75, 3.05) is 6.61 Å². The Kier molecular flexibility index (Phi) is 13.0. The molecule has 0 aliphatic carbocycles. The van der Waals surface area contributed by atoms with Crippen molar-refractivity contribution in [3.05, 3.63) is 0 Å². The normalized spacial score (nSPS) is 16.2. The highest BCUT2D eigenvalue weighted by Gasteiger charge is 2.32. The summed E-state index contributed by atoms with van der Waals surface area (Å²) in [5.41, 5.74) is 5.82. The van der Waals surface area contributed by atoms with Gasteiger partial charge >= 0.3 is 5.97 Å². The third-order valence-corrected chi connectivity index (χ3v) is 4.99. The molecule has 0 spiro atoms. The molecular weight excluding hydrogens is 404 g/mol. The molecule has 0 aromatic heterocycles. The molecule has 0 aromatic rings. The number of aliphatic hydroxyl groups is 1. The van der Waals surface area contributed by atoms with E-state index in [0.29, 0.717) is 12.8 Å². The summed E-state index contributed by atoms with van der Waals surface area (Å²) in [6.45, 7) is 10.4. The smallest absolute Gasteiger partial charge is 0.326 e. The molecule has 10 heteroatoms. The fraction of sp³-hybridized carbons (Fsp3) is 0.810. The van der Waals surface area contributed by atoms with Gasteiger partial charge in [0.05, 0.1) is 12.6 Å². The van der Waals surface area contributed by atoms with Crippen LogP contribution >= 0.6 is 0 Å². The molecule has 0 bridgehead atoms.